The maximum atomic E-state index is 10.5. The lowest BCUT2D eigenvalue weighted by Crippen LogP contribution is -2.14. The van der Waals surface area contributed by atoms with Gasteiger partial charge >= 0.3 is 11.9 Å². The molecule has 1 rings (SSSR count). The molecule has 0 saturated heterocycles. The summed E-state index contributed by atoms with van der Waals surface area (Å²) in [6.07, 6.45) is 2.32. The molecule has 0 aromatic carbocycles. The minimum atomic E-state index is -1.09. The van der Waals surface area contributed by atoms with Crippen molar-refractivity contribution in [2.75, 3.05) is 0 Å². The first-order valence-electron chi connectivity index (χ1n) is 3.81. The molecule has 0 saturated carbocycles. The van der Waals surface area contributed by atoms with Crippen molar-refractivity contribution in [2.24, 2.45) is 0 Å². The van der Waals surface area contributed by atoms with Crippen LogP contribution in [0.5, 0.6) is 0 Å². The Morgan fingerprint density at radius 2 is 1.25 bits per heavy atom. The van der Waals surface area contributed by atoms with Gasteiger partial charge in [0.05, 0.1) is 0 Å². The van der Waals surface area contributed by atoms with Crippen LogP contribution < -0.4 is 0 Å². The highest BCUT2D eigenvalue weighted by atomic mass is 16.4. The van der Waals surface area contributed by atoms with Crippen LogP contribution in [0.4, 0.5) is 0 Å². The molecule has 0 amide bonds. The lowest BCUT2D eigenvalue weighted by atomic mass is 9.92. The van der Waals surface area contributed by atoms with Crippen molar-refractivity contribution in [1.82, 2.24) is 0 Å². The molecule has 0 aliphatic heterocycles. The second kappa shape index (κ2) is 3.38. The van der Waals surface area contributed by atoms with Gasteiger partial charge in [-0.1, -0.05) is 0 Å². The summed E-state index contributed by atoms with van der Waals surface area (Å²) >= 11 is 0. The number of carboxylic acids is 2. The summed E-state index contributed by atoms with van der Waals surface area (Å²) in [5.41, 5.74) is 0.155. The van der Waals surface area contributed by atoms with Gasteiger partial charge in [0, 0.05) is 11.1 Å². The van der Waals surface area contributed by atoms with E-state index >= 15 is 0 Å². The van der Waals surface area contributed by atoms with Gasteiger partial charge < -0.3 is 10.2 Å². The normalized spacial score (nSPS) is 17.7. The molecule has 4 heteroatoms. The van der Waals surface area contributed by atoms with E-state index in [4.69, 9.17) is 10.2 Å². The van der Waals surface area contributed by atoms with Crippen LogP contribution in [0.1, 0.15) is 25.7 Å². The molecule has 2 N–H and O–H groups in total. The largest absolute Gasteiger partial charge is 0.478 e. The minimum Gasteiger partial charge on any atom is -0.478 e. The fraction of sp³-hybridized carbons (Fsp3) is 0.500. The summed E-state index contributed by atoms with van der Waals surface area (Å²) in [6.45, 7) is 0. The van der Waals surface area contributed by atoms with E-state index in [1.54, 1.807) is 0 Å². The third kappa shape index (κ3) is 1.64. The Kier molecular flexibility index (Phi) is 2.47. The second-order valence-corrected chi connectivity index (χ2v) is 2.77. The predicted molar refractivity (Wildman–Crippen MR) is 40.8 cm³/mol. The molecular formula is C8H10O4. The van der Waals surface area contributed by atoms with Crippen LogP contribution in [0.15, 0.2) is 11.1 Å². The Hall–Kier alpha value is -1.32. The summed E-state index contributed by atoms with van der Waals surface area (Å²) in [5.74, 6) is -2.18. The van der Waals surface area contributed by atoms with Gasteiger partial charge in [0.15, 0.2) is 0 Å². The second-order valence-electron chi connectivity index (χ2n) is 2.77. The van der Waals surface area contributed by atoms with E-state index in [1.165, 1.54) is 0 Å². The topological polar surface area (TPSA) is 74.6 Å². The average Bonchev–Trinajstić information content (AvgIpc) is 2.04. The molecule has 0 radical (unpaired) electrons. The first-order valence-corrected chi connectivity index (χ1v) is 3.81. The number of hydrogen-bond acceptors (Lipinski definition) is 2. The third-order valence-corrected chi connectivity index (χ3v) is 1.98. The molecule has 4 nitrogen and oxygen atoms in total. The molecule has 0 spiro atoms. The van der Waals surface area contributed by atoms with E-state index in [0.29, 0.717) is 12.8 Å². The Morgan fingerprint density at radius 3 is 1.50 bits per heavy atom. The molecule has 0 aromatic rings. The van der Waals surface area contributed by atoms with Crippen molar-refractivity contribution < 1.29 is 19.8 Å². The highest BCUT2D eigenvalue weighted by molar-refractivity contribution is 5.99. The average molecular weight is 170 g/mol. The fourth-order valence-electron chi connectivity index (χ4n) is 1.38. The lowest BCUT2D eigenvalue weighted by molar-refractivity contribution is -0.136. The van der Waals surface area contributed by atoms with E-state index in [1.807, 2.05) is 0 Å². The maximum absolute atomic E-state index is 10.5. The monoisotopic (exact) mass is 170 g/mol. The first-order chi connectivity index (χ1) is 5.63. The molecule has 0 fully saturated rings. The maximum Gasteiger partial charge on any atom is 0.332 e. The number of aliphatic carboxylic acids is 2. The molecule has 0 bridgehead atoms. The zero-order valence-electron chi connectivity index (χ0n) is 6.54. The van der Waals surface area contributed by atoms with Gasteiger partial charge in [-0.3, -0.25) is 0 Å². The number of hydrogen-bond donors (Lipinski definition) is 2. The van der Waals surface area contributed by atoms with Gasteiger partial charge in [0.1, 0.15) is 0 Å². The smallest absolute Gasteiger partial charge is 0.332 e. The molecular weight excluding hydrogens is 160 g/mol. The quantitative estimate of drug-likeness (QED) is 0.648. The number of rotatable bonds is 2. The number of carboxylic acid groups (broad SMARTS) is 2. The Balaban J connectivity index is 2.99. The van der Waals surface area contributed by atoms with Crippen molar-refractivity contribution >= 4 is 11.9 Å². The highest BCUT2D eigenvalue weighted by Gasteiger charge is 2.22. The first kappa shape index (κ1) is 8.77. The molecule has 1 aliphatic carbocycles. The lowest BCUT2D eigenvalue weighted by Gasteiger charge is -2.13. The molecule has 0 unspecified atom stereocenters. The van der Waals surface area contributed by atoms with E-state index in [2.05, 4.69) is 0 Å². The van der Waals surface area contributed by atoms with Crippen molar-refractivity contribution in [1.29, 1.82) is 0 Å². The van der Waals surface area contributed by atoms with Gasteiger partial charge in [-0.25, -0.2) is 9.59 Å². The Morgan fingerprint density at radius 1 is 0.917 bits per heavy atom. The van der Waals surface area contributed by atoms with Crippen LogP contribution in [0.2, 0.25) is 0 Å². The van der Waals surface area contributed by atoms with Gasteiger partial charge in [-0.15, -0.1) is 0 Å². The van der Waals surface area contributed by atoms with Crippen LogP contribution in [-0.4, -0.2) is 22.2 Å². The molecule has 0 heterocycles. The molecule has 0 atom stereocenters. The molecule has 1 aliphatic rings. The van der Waals surface area contributed by atoms with Crippen molar-refractivity contribution in [3.05, 3.63) is 11.1 Å². The predicted octanol–water partition coefficient (Wildman–Crippen LogP) is 1.03. The van der Waals surface area contributed by atoms with Gasteiger partial charge in [-0.2, -0.15) is 0 Å². The summed E-state index contributed by atoms with van der Waals surface area (Å²) in [7, 11) is 0. The van der Waals surface area contributed by atoms with Gasteiger partial charge in [-0.05, 0) is 25.7 Å². The van der Waals surface area contributed by atoms with Crippen LogP contribution >= 0.6 is 0 Å². The zero-order chi connectivity index (χ0) is 9.14. The van der Waals surface area contributed by atoms with Gasteiger partial charge in [0.25, 0.3) is 0 Å². The zero-order valence-corrected chi connectivity index (χ0v) is 6.54. The Labute approximate surface area is 69.5 Å². The minimum absolute atomic E-state index is 0.0775. The third-order valence-electron chi connectivity index (χ3n) is 1.98. The fourth-order valence-corrected chi connectivity index (χ4v) is 1.38. The van der Waals surface area contributed by atoms with Crippen molar-refractivity contribution in [2.45, 2.75) is 25.7 Å². The summed E-state index contributed by atoms with van der Waals surface area (Å²) in [6, 6.07) is 0. The van der Waals surface area contributed by atoms with Crippen LogP contribution in [-0.2, 0) is 9.59 Å². The Bertz CT molecular complexity index is 226. The molecule has 12 heavy (non-hydrogen) atoms. The van der Waals surface area contributed by atoms with E-state index in [-0.39, 0.29) is 11.1 Å². The van der Waals surface area contributed by atoms with Crippen molar-refractivity contribution in [3.8, 4) is 0 Å². The van der Waals surface area contributed by atoms with E-state index in [0.717, 1.165) is 12.8 Å². The van der Waals surface area contributed by atoms with E-state index < -0.39 is 11.9 Å². The number of carbonyl (C=O) groups is 2. The van der Waals surface area contributed by atoms with Gasteiger partial charge in [0.2, 0.25) is 0 Å². The van der Waals surface area contributed by atoms with E-state index in [9.17, 15) is 9.59 Å². The molecule has 0 aromatic heterocycles. The summed E-state index contributed by atoms with van der Waals surface area (Å²) in [4.78, 5) is 21.1. The summed E-state index contributed by atoms with van der Waals surface area (Å²) in [5, 5.41) is 17.3. The van der Waals surface area contributed by atoms with Crippen molar-refractivity contribution in [3.63, 3.8) is 0 Å². The van der Waals surface area contributed by atoms with Crippen LogP contribution in [0, 0.1) is 0 Å². The molecule has 66 valence electrons. The summed E-state index contributed by atoms with van der Waals surface area (Å²) < 4.78 is 0. The van der Waals surface area contributed by atoms with Crippen LogP contribution in [0.25, 0.3) is 0 Å². The SMILES string of the molecule is O=C(O)C1=C(C(=O)O)CCCC1. The van der Waals surface area contributed by atoms with Crippen LogP contribution in [0.3, 0.4) is 0 Å². The highest BCUT2D eigenvalue weighted by Crippen LogP contribution is 2.24. The standard InChI is InChI=1S/C8H10O4/c9-7(10)5-3-1-2-4-6(5)8(11)12/h1-4H2,(H,9,10)(H,11,12).